The van der Waals surface area contributed by atoms with Crippen molar-refractivity contribution in [2.24, 2.45) is 0 Å². The van der Waals surface area contributed by atoms with Crippen LogP contribution in [0.25, 0.3) is 0 Å². The quantitative estimate of drug-likeness (QED) is 0.373. The number of aryl methyl sites for hydroxylation is 2. The molecule has 3 aliphatic rings. The number of nitrogens with zero attached hydrogens (tertiary/aromatic N) is 2. The molecule has 2 heterocycles. The van der Waals surface area contributed by atoms with Gasteiger partial charge >= 0.3 is 0 Å². The summed E-state index contributed by atoms with van der Waals surface area (Å²) in [4.78, 5) is 2.33. The van der Waals surface area contributed by atoms with Crippen LogP contribution in [0.2, 0.25) is 0 Å². The highest BCUT2D eigenvalue weighted by molar-refractivity contribution is 6.32. The monoisotopic (exact) mass is 511 g/mol. The van der Waals surface area contributed by atoms with Crippen molar-refractivity contribution >= 4 is 28.7 Å². The molecular weight excluding hydrogens is 472 g/mol. The number of fused-ring (bicyclic) bond motifs is 2. The molecule has 0 fully saturated rings. The first-order valence-corrected chi connectivity index (χ1v) is 13.9. The van der Waals surface area contributed by atoms with E-state index in [1.807, 2.05) is 0 Å². The Labute approximate surface area is 228 Å². The summed E-state index contributed by atoms with van der Waals surface area (Å²) in [5.74, 6) is 0. The molecule has 0 unspecified atom stereocenters. The Balaban J connectivity index is 1.46. The first-order chi connectivity index (χ1) is 17.4. The van der Waals surface area contributed by atoms with Gasteiger partial charge < -0.3 is 4.90 Å². The number of benzene rings is 2. The van der Waals surface area contributed by atoms with Gasteiger partial charge in [0.15, 0.2) is 5.71 Å². The van der Waals surface area contributed by atoms with E-state index < -0.39 is 0 Å². The summed E-state index contributed by atoms with van der Waals surface area (Å²) >= 11 is 7.05. The minimum atomic E-state index is -0.0383. The third kappa shape index (κ3) is 4.24. The number of hydrogen-bond acceptors (Lipinski definition) is 1. The summed E-state index contributed by atoms with van der Waals surface area (Å²) in [6, 6.07) is 13.6. The van der Waals surface area contributed by atoms with Crippen LogP contribution in [0.1, 0.15) is 69.2 Å². The summed E-state index contributed by atoms with van der Waals surface area (Å²) in [5.41, 5.74) is 13.0. The molecule has 0 spiro atoms. The van der Waals surface area contributed by atoms with Gasteiger partial charge in [0.1, 0.15) is 7.05 Å². The smallest absolute Gasteiger partial charge is 0.209 e. The highest BCUT2D eigenvalue weighted by atomic mass is 35.5. The van der Waals surface area contributed by atoms with Crippen molar-refractivity contribution in [2.75, 3.05) is 19.0 Å². The fourth-order valence-corrected chi connectivity index (χ4v) is 6.78. The van der Waals surface area contributed by atoms with Gasteiger partial charge in [-0.25, -0.2) is 0 Å². The Morgan fingerprint density at radius 2 is 1.54 bits per heavy atom. The Kier molecular flexibility index (Phi) is 6.39. The normalized spacial score (nSPS) is 22.6. The third-order valence-electron chi connectivity index (χ3n) is 8.72. The van der Waals surface area contributed by atoms with E-state index in [4.69, 9.17) is 11.6 Å². The molecule has 0 bridgehead atoms. The molecule has 0 saturated carbocycles. The van der Waals surface area contributed by atoms with Gasteiger partial charge in [-0.2, -0.15) is 4.58 Å². The largest absolute Gasteiger partial charge is 0.347 e. The van der Waals surface area contributed by atoms with Gasteiger partial charge in [0.2, 0.25) is 5.69 Å². The lowest BCUT2D eigenvalue weighted by Gasteiger charge is -2.24. The summed E-state index contributed by atoms with van der Waals surface area (Å²) < 4.78 is 2.33. The summed E-state index contributed by atoms with van der Waals surface area (Å²) in [6.45, 7) is 13.6. The van der Waals surface area contributed by atoms with Crippen molar-refractivity contribution in [1.29, 1.82) is 0 Å². The molecule has 192 valence electrons. The SMILES string of the molecule is Cc1ccc2c(c1)C(C)(C)C(=CC=C1CCCC(C=CC3=[N+](C)c4ccc(C)cc4C3(C)C)=C1Cl)N2C. The molecule has 3 heteroatoms. The van der Waals surface area contributed by atoms with Gasteiger partial charge in [-0.15, -0.1) is 0 Å². The molecule has 0 radical (unpaired) electrons. The van der Waals surface area contributed by atoms with Crippen LogP contribution in [-0.4, -0.2) is 24.4 Å². The van der Waals surface area contributed by atoms with E-state index in [9.17, 15) is 0 Å². The molecule has 2 nitrogen and oxygen atoms in total. The lowest BCUT2D eigenvalue weighted by Crippen LogP contribution is -2.26. The highest BCUT2D eigenvalue weighted by Crippen LogP contribution is 2.47. The van der Waals surface area contributed by atoms with Gasteiger partial charge in [0.25, 0.3) is 0 Å². The summed E-state index contributed by atoms with van der Waals surface area (Å²) in [5, 5.41) is 0.915. The highest BCUT2D eigenvalue weighted by Gasteiger charge is 2.43. The molecule has 5 rings (SSSR count). The van der Waals surface area contributed by atoms with Crippen molar-refractivity contribution in [3.63, 3.8) is 0 Å². The van der Waals surface area contributed by atoms with Crippen LogP contribution in [0.3, 0.4) is 0 Å². The first-order valence-electron chi connectivity index (χ1n) is 13.5. The second-order valence-corrected chi connectivity index (χ2v) is 12.4. The lowest BCUT2D eigenvalue weighted by atomic mass is 9.80. The number of likely N-dealkylation sites (N-methyl/N-ethyl adjacent to an activating group) is 1. The Morgan fingerprint density at radius 3 is 2.27 bits per heavy atom. The number of halogens is 1. The van der Waals surface area contributed by atoms with E-state index in [-0.39, 0.29) is 10.8 Å². The van der Waals surface area contributed by atoms with Crippen molar-refractivity contribution in [2.45, 2.75) is 71.6 Å². The number of anilines is 1. The van der Waals surface area contributed by atoms with Crippen molar-refractivity contribution in [1.82, 2.24) is 0 Å². The number of hydrogen-bond donors (Lipinski definition) is 0. The fraction of sp³-hybridized carbons (Fsp3) is 0.382. The zero-order chi connectivity index (χ0) is 26.7. The fourth-order valence-electron chi connectivity index (χ4n) is 6.47. The minimum Gasteiger partial charge on any atom is -0.347 e. The molecule has 0 aromatic heterocycles. The second-order valence-electron chi connectivity index (χ2n) is 12.1. The molecule has 0 saturated heterocycles. The zero-order valence-electron chi connectivity index (χ0n) is 23.7. The maximum absolute atomic E-state index is 7.05. The van der Waals surface area contributed by atoms with Crippen LogP contribution in [0.15, 0.2) is 82.6 Å². The van der Waals surface area contributed by atoms with E-state index in [1.165, 1.54) is 56.2 Å². The second kappa shape index (κ2) is 9.17. The Hall–Kier alpha value is -2.84. The third-order valence-corrected chi connectivity index (χ3v) is 9.20. The average Bonchev–Trinajstić information content (AvgIpc) is 3.15. The van der Waals surface area contributed by atoms with Crippen LogP contribution >= 0.6 is 11.6 Å². The Bertz CT molecular complexity index is 1440. The van der Waals surface area contributed by atoms with E-state index in [2.05, 4.69) is 126 Å². The van der Waals surface area contributed by atoms with E-state index in [0.29, 0.717) is 0 Å². The predicted molar refractivity (Wildman–Crippen MR) is 160 cm³/mol. The average molecular weight is 512 g/mol. The first kappa shape index (κ1) is 25.8. The van der Waals surface area contributed by atoms with Gasteiger partial charge in [0, 0.05) is 46.6 Å². The van der Waals surface area contributed by atoms with E-state index in [1.54, 1.807) is 0 Å². The minimum absolute atomic E-state index is 0.0383. The van der Waals surface area contributed by atoms with Crippen molar-refractivity contribution in [3.8, 4) is 0 Å². The van der Waals surface area contributed by atoms with Crippen molar-refractivity contribution < 1.29 is 4.58 Å². The molecular formula is C34H40ClN2+. The number of rotatable bonds is 3. The molecule has 37 heavy (non-hydrogen) atoms. The molecule has 0 atom stereocenters. The van der Waals surface area contributed by atoms with E-state index >= 15 is 0 Å². The van der Waals surface area contributed by atoms with E-state index in [0.717, 1.165) is 24.3 Å². The molecule has 1 aliphatic carbocycles. The molecule has 0 amide bonds. The zero-order valence-corrected chi connectivity index (χ0v) is 24.4. The van der Waals surface area contributed by atoms with Gasteiger partial charge in [-0.1, -0.05) is 66.9 Å². The van der Waals surface area contributed by atoms with Gasteiger partial charge in [-0.05, 0) is 81.9 Å². The van der Waals surface area contributed by atoms with Crippen LogP contribution in [0.4, 0.5) is 11.4 Å². The number of allylic oxidation sites excluding steroid dienone is 8. The van der Waals surface area contributed by atoms with Gasteiger partial charge in [0.05, 0.1) is 5.41 Å². The van der Waals surface area contributed by atoms with Gasteiger partial charge in [-0.3, -0.25) is 0 Å². The topological polar surface area (TPSA) is 6.25 Å². The predicted octanol–water partition coefficient (Wildman–Crippen LogP) is 8.78. The van der Waals surface area contributed by atoms with Crippen LogP contribution in [0.5, 0.6) is 0 Å². The maximum Gasteiger partial charge on any atom is 0.209 e. The van der Waals surface area contributed by atoms with Crippen molar-refractivity contribution in [3.05, 3.63) is 105 Å². The molecule has 2 aliphatic heterocycles. The lowest BCUT2D eigenvalue weighted by molar-refractivity contribution is -0.401. The molecule has 2 aromatic rings. The maximum atomic E-state index is 7.05. The van der Waals surface area contributed by atoms with Crippen LogP contribution in [0, 0.1) is 13.8 Å². The Morgan fingerprint density at radius 1 is 0.865 bits per heavy atom. The van der Waals surface area contributed by atoms with Crippen LogP contribution in [-0.2, 0) is 10.8 Å². The summed E-state index contributed by atoms with van der Waals surface area (Å²) in [6.07, 6.45) is 12.3. The molecule has 2 aromatic carbocycles. The molecule has 0 N–H and O–H groups in total. The standard InChI is InChI=1S/C34H40ClN2/c1-22-12-16-28-26(20-22)33(3,4)30(36(28)7)18-14-24-10-9-11-25(32(24)35)15-19-31-34(5,6)27-21-23(2)13-17-29(27)37(31)8/h12-21H,9-11H2,1-8H3/q+1. The van der Waals surface area contributed by atoms with Crippen LogP contribution < -0.4 is 4.90 Å². The summed E-state index contributed by atoms with van der Waals surface area (Å²) in [7, 11) is 4.35.